The van der Waals surface area contributed by atoms with E-state index in [-0.39, 0.29) is 18.1 Å². The summed E-state index contributed by atoms with van der Waals surface area (Å²) >= 11 is 0. The Labute approximate surface area is 175 Å². The smallest absolute Gasteiger partial charge is 0.330 e. The van der Waals surface area contributed by atoms with Crippen molar-refractivity contribution in [2.45, 2.75) is 26.3 Å². The highest BCUT2D eigenvalue weighted by Crippen LogP contribution is 2.29. The van der Waals surface area contributed by atoms with Gasteiger partial charge in [-0.15, -0.1) is 0 Å². The Kier molecular flexibility index (Phi) is 8.17. The zero-order valence-electron chi connectivity index (χ0n) is 17.4. The van der Waals surface area contributed by atoms with E-state index in [2.05, 4.69) is 10.1 Å². The van der Waals surface area contributed by atoms with Crippen LogP contribution in [0.15, 0.2) is 48.5 Å². The van der Waals surface area contributed by atoms with Gasteiger partial charge in [0.05, 0.1) is 26.7 Å². The lowest BCUT2D eigenvalue weighted by molar-refractivity contribution is -0.136. The summed E-state index contributed by atoms with van der Waals surface area (Å²) in [6.45, 7) is 3.36. The topological polar surface area (TPSA) is 90.9 Å². The minimum absolute atomic E-state index is 0.0458. The van der Waals surface area contributed by atoms with Crippen molar-refractivity contribution in [1.82, 2.24) is 5.32 Å². The molecule has 0 saturated heterocycles. The van der Waals surface area contributed by atoms with Crippen molar-refractivity contribution in [2.75, 3.05) is 14.2 Å². The van der Waals surface area contributed by atoms with Crippen LogP contribution in [0.3, 0.4) is 0 Å². The van der Waals surface area contributed by atoms with Gasteiger partial charge in [0.1, 0.15) is 0 Å². The number of carbonyl (C=O) groups is 3. The molecule has 0 fully saturated rings. The minimum atomic E-state index is -0.523. The number of rotatable bonds is 8. The summed E-state index contributed by atoms with van der Waals surface area (Å²) in [5.74, 6) is -0.673. The number of hydrogen-bond donors (Lipinski definition) is 1. The zero-order chi connectivity index (χ0) is 22.1. The van der Waals surface area contributed by atoms with Crippen LogP contribution in [0.5, 0.6) is 11.5 Å². The second kappa shape index (κ2) is 10.8. The first-order valence-electron chi connectivity index (χ1n) is 9.30. The normalized spacial score (nSPS) is 11.6. The molecule has 0 saturated carbocycles. The molecule has 1 unspecified atom stereocenters. The predicted molar refractivity (Wildman–Crippen MR) is 112 cm³/mol. The predicted octanol–water partition coefficient (Wildman–Crippen LogP) is 3.36. The summed E-state index contributed by atoms with van der Waals surface area (Å²) in [7, 11) is 2.74. The van der Waals surface area contributed by atoms with Crippen molar-refractivity contribution >= 4 is 23.9 Å². The summed E-state index contributed by atoms with van der Waals surface area (Å²) < 4.78 is 15.3. The van der Waals surface area contributed by atoms with Crippen LogP contribution in [-0.2, 0) is 19.1 Å². The van der Waals surface area contributed by atoms with Gasteiger partial charge in [0.25, 0.3) is 0 Å². The van der Waals surface area contributed by atoms with Crippen molar-refractivity contribution in [2.24, 2.45) is 0 Å². The van der Waals surface area contributed by atoms with Crippen LogP contribution in [0.1, 0.15) is 36.1 Å². The standard InChI is InChI=1S/C23H25NO6/c1-15-5-9-18(10-6-15)19(24-16(2)25)14-23(27)30-20-11-7-17(13-21(20)28-3)8-12-22(26)29-4/h5-13,19H,14H2,1-4H3,(H,24,25)/b12-8+. The van der Waals surface area contributed by atoms with Gasteiger partial charge < -0.3 is 19.5 Å². The average Bonchev–Trinajstić information content (AvgIpc) is 2.72. The van der Waals surface area contributed by atoms with Crippen molar-refractivity contribution in [3.63, 3.8) is 0 Å². The Morgan fingerprint density at radius 2 is 1.73 bits per heavy atom. The number of amides is 1. The molecule has 0 radical (unpaired) electrons. The van der Waals surface area contributed by atoms with E-state index in [1.54, 1.807) is 24.3 Å². The van der Waals surface area contributed by atoms with Gasteiger partial charge in [0, 0.05) is 13.0 Å². The Morgan fingerprint density at radius 3 is 2.33 bits per heavy atom. The van der Waals surface area contributed by atoms with Crippen molar-refractivity contribution < 1.29 is 28.6 Å². The van der Waals surface area contributed by atoms with Crippen LogP contribution in [0.2, 0.25) is 0 Å². The Morgan fingerprint density at radius 1 is 1.03 bits per heavy atom. The number of benzene rings is 2. The molecule has 30 heavy (non-hydrogen) atoms. The van der Waals surface area contributed by atoms with Gasteiger partial charge in [-0.1, -0.05) is 35.9 Å². The fraction of sp³-hybridized carbons (Fsp3) is 0.261. The highest BCUT2D eigenvalue weighted by Gasteiger charge is 2.20. The van der Waals surface area contributed by atoms with Crippen LogP contribution in [0, 0.1) is 6.92 Å². The molecule has 0 aliphatic carbocycles. The summed E-state index contributed by atoms with van der Waals surface area (Å²) in [5, 5.41) is 2.78. The minimum Gasteiger partial charge on any atom is -0.493 e. The maximum Gasteiger partial charge on any atom is 0.330 e. The quantitative estimate of drug-likeness (QED) is 0.407. The summed E-state index contributed by atoms with van der Waals surface area (Å²) in [4.78, 5) is 35.4. The highest BCUT2D eigenvalue weighted by molar-refractivity contribution is 5.87. The molecular weight excluding hydrogens is 386 g/mol. The number of hydrogen-bond acceptors (Lipinski definition) is 6. The van der Waals surface area contributed by atoms with E-state index in [4.69, 9.17) is 9.47 Å². The van der Waals surface area contributed by atoms with Gasteiger partial charge in [-0.25, -0.2) is 4.79 Å². The molecule has 1 N–H and O–H groups in total. The summed E-state index contributed by atoms with van der Waals surface area (Å²) in [5.41, 5.74) is 2.56. The van der Waals surface area contributed by atoms with Crippen LogP contribution in [0.25, 0.3) is 6.08 Å². The molecule has 0 spiro atoms. The Balaban J connectivity index is 2.14. The van der Waals surface area contributed by atoms with E-state index in [0.717, 1.165) is 11.1 Å². The average molecular weight is 411 g/mol. The van der Waals surface area contributed by atoms with E-state index in [1.165, 1.54) is 27.2 Å². The second-order valence-electron chi connectivity index (χ2n) is 6.61. The molecule has 158 valence electrons. The third-order valence-electron chi connectivity index (χ3n) is 4.25. The van der Waals surface area contributed by atoms with Crippen LogP contribution < -0.4 is 14.8 Å². The Bertz CT molecular complexity index is 933. The summed E-state index contributed by atoms with van der Waals surface area (Å²) in [6, 6.07) is 11.9. The van der Waals surface area contributed by atoms with Gasteiger partial charge >= 0.3 is 11.9 Å². The van der Waals surface area contributed by atoms with Crippen molar-refractivity contribution in [3.8, 4) is 11.5 Å². The molecule has 0 aromatic heterocycles. The number of nitrogens with one attached hydrogen (secondary N) is 1. The molecule has 2 aromatic rings. The SMILES string of the molecule is COC(=O)/C=C/c1ccc(OC(=O)CC(NC(C)=O)c2ccc(C)cc2)c(OC)c1. The zero-order valence-corrected chi connectivity index (χ0v) is 17.4. The molecular formula is C23H25NO6. The largest absolute Gasteiger partial charge is 0.493 e. The monoisotopic (exact) mass is 411 g/mol. The molecule has 0 aliphatic heterocycles. The molecule has 2 aromatic carbocycles. The van der Waals surface area contributed by atoms with E-state index < -0.39 is 18.0 Å². The van der Waals surface area contributed by atoms with E-state index >= 15 is 0 Å². The lowest BCUT2D eigenvalue weighted by atomic mass is 10.0. The molecule has 0 heterocycles. The first-order chi connectivity index (χ1) is 14.3. The van der Waals surface area contributed by atoms with Crippen LogP contribution in [0.4, 0.5) is 0 Å². The molecule has 7 nitrogen and oxygen atoms in total. The van der Waals surface area contributed by atoms with Crippen molar-refractivity contribution in [3.05, 3.63) is 65.2 Å². The fourth-order valence-corrected chi connectivity index (χ4v) is 2.73. The van der Waals surface area contributed by atoms with Crippen LogP contribution >= 0.6 is 0 Å². The van der Waals surface area contributed by atoms with E-state index in [0.29, 0.717) is 11.3 Å². The highest BCUT2D eigenvalue weighted by atomic mass is 16.6. The summed E-state index contributed by atoms with van der Waals surface area (Å²) in [6.07, 6.45) is 2.79. The number of methoxy groups -OCH3 is 2. The molecule has 1 atom stereocenters. The van der Waals surface area contributed by atoms with Gasteiger partial charge in [-0.3, -0.25) is 9.59 Å². The third-order valence-corrected chi connectivity index (χ3v) is 4.25. The molecule has 7 heteroatoms. The number of aryl methyl sites for hydroxylation is 1. The first kappa shape index (κ1) is 22.7. The molecule has 0 aliphatic rings. The van der Waals surface area contributed by atoms with Gasteiger partial charge in [-0.05, 0) is 36.3 Å². The first-order valence-corrected chi connectivity index (χ1v) is 9.30. The fourth-order valence-electron chi connectivity index (χ4n) is 2.73. The maximum atomic E-state index is 12.5. The number of carbonyl (C=O) groups excluding carboxylic acids is 3. The maximum absolute atomic E-state index is 12.5. The number of ether oxygens (including phenoxy) is 3. The molecule has 0 bridgehead atoms. The molecule has 2 rings (SSSR count). The third kappa shape index (κ3) is 6.77. The second-order valence-corrected chi connectivity index (χ2v) is 6.61. The van der Waals surface area contributed by atoms with Gasteiger partial charge in [0.2, 0.25) is 5.91 Å². The van der Waals surface area contributed by atoms with Gasteiger partial charge in [-0.2, -0.15) is 0 Å². The molecule has 1 amide bonds. The number of esters is 2. The van der Waals surface area contributed by atoms with E-state index in [9.17, 15) is 14.4 Å². The van der Waals surface area contributed by atoms with E-state index in [1.807, 2.05) is 31.2 Å². The lowest BCUT2D eigenvalue weighted by Crippen LogP contribution is -2.29. The lowest BCUT2D eigenvalue weighted by Gasteiger charge is -2.18. The Hall–Kier alpha value is -3.61. The van der Waals surface area contributed by atoms with Crippen LogP contribution in [-0.4, -0.2) is 32.1 Å². The van der Waals surface area contributed by atoms with Crippen molar-refractivity contribution in [1.29, 1.82) is 0 Å². The van der Waals surface area contributed by atoms with Gasteiger partial charge in [0.15, 0.2) is 11.5 Å².